The van der Waals surface area contributed by atoms with Gasteiger partial charge in [-0.1, -0.05) is 0 Å². The Kier molecular flexibility index (Phi) is 5.57. The summed E-state index contributed by atoms with van der Waals surface area (Å²) >= 11 is 0. The Morgan fingerprint density at radius 1 is 0.375 bits per heavy atom. The van der Waals surface area contributed by atoms with E-state index in [9.17, 15) is 42.1 Å². The van der Waals surface area contributed by atoms with E-state index in [2.05, 4.69) is 19.9 Å². The minimum atomic E-state index is -0.120. The van der Waals surface area contributed by atoms with Gasteiger partial charge in [0.2, 0.25) is 0 Å². The zero-order valence-corrected chi connectivity index (χ0v) is 19.8. The van der Waals surface area contributed by atoms with Crippen LogP contribution in [0.3, 0.4) is 0 Å². The van der Waals surface area contributed by atoms with Crippen LogP contribution < -0.4 is 0 Å². The molecule has 0 fully saturated rings. The van der Waals surface area contributed by atoms with E-state index < -0.39 is 0 Å². The van der Waals surface area contributed by atoms with Gasteiger partial charge in [-0.05, 0) is 24.3 Å². The van der Waals surface area contributed by atoms with Crippen LogP contribution in [-0.2, 0) is 0 Å². The number of aromatic nitrogens is 4. The van der Waals surface area contributed by atoms with Crippen molar-refractivity contribution in [1.82, 2.24) is 19.9 Å². The summed E-state index contributed by atoms with van der Waals surface area (Å²) in [6.07, 6.45) is 0. The van der Waals surface area contributed by atoms with Crippen molar-refractivity contribution in [3.8, 4) is 48.6 Å². The van der Waals surface area contributed by atoms with Gasteiger partial charge in [0.15, 0.2) is 0 Å². The summed E-state index contributed by atoms with van der Waals surface area (Å²) in [5, 5.41) is 78.6. The average molecular weight is 510 g/mol. The topological polar surface area (TPSA) is 248 Å². The fourth-order valence-corrected chi connectivity index (χ4v) is 4.39. The van der Waals surface area contributed by atoms with Crippen molar-refractivity contribution in [3.63, 3.8) is 0 Å². The number of nitriles is 8. The fourth-order valence-electron chi connectivity index (χ4n) is 4.39. The minimum Gasteiger partial charge on any atom is -0.353 e. The summed E-state index contributed by atoms with van der Waals surface area (Å²) in [5.74, 6) is 0. The van der Waals surface area contributed by atoms with Crippen LogP contribution >= 0.6 is 0 Å². The molecule has 40 heavy (non-hydrogen) atoms. The number of allylic oxidation sites excluding steroid dienone is 4. The normalized spacial score (nSPS) is 11.6. The van der Waals surface area contributed by atoms with Crippen LogP contribution in [0.4, 0.5) is 0 Å². The highest BCUT2D eigenvalue weighted by atomic mass is 14.8. The van der Waals surface area contributed by atoms with Crippen LogP contribution in [0.5, 0.6) is 0 Å². The highest BCUT2D eigenvalue weighted by Gasteiger charge is 2.25. The molecule has 8 bridgehead atoms. The molecule has 0 aliphatic carbocycles. The molecule has 3 aromatic heterocycles. The summed E-state index contributed by atoms with van der Waals surface area (Å²) in [7, 11) is 0. The van der Waals surface area contributed by atoms with Gasteiger partial charge < -0.3 is 9.97 Å². The Hall–Kier alpha value is -7.48. The van der Waals surface area contributed by atoms with Crippen molar-refractivity contribution >= 4 is 44.4 Å². The molecule has 178 valence electrons. The van der Waals surface area contributed by atoms with E-state index in [0.717, 1.165) is 0 Å². The number of hydrogen-bond acceptors (Lipinski definition) is 10. The van der Waals surface area contributed by atoms with Crippen LogP contribution in [0.2, 0.25) is 0 Å². The molecule has 0 aromatic carbocycles. The third-order valence-electron chi connectivity index (χ3n) is 6.14. The molecule has 0 radical (unpaired) electrons. The highest BCUT2D eigenvalue weighted by molar-refractivity contribution is 6.07. The van der Waals surface area contributed by atoms with E-state index >= 15 is 0 Å². The maximum atomic E-state index is 9.83. The van der Waals surface area contributed by atoms with Crippen molar-refractivity contribution in [2.45, 2.75) is 0 Å². The molecular weight excluding hydrogens is 504 g/mol. The number of nitrogens with zero attached hydrogens (tertiary/aromatic N) is 10. The molecule has 0 saturated heterocycles. The smallest absolute Gasteiger partial charge is 0.103 e. The SMILES string of the molecule is N#CC1=C(C#N)c2cc3[nH]c(cc4[nH]c(cc5nc(cc1n2)C(C#N)=C5C#N)c(C#N)c4C#N)c(C#N)c3C#N. The second-order valence-corrected chi connectivity index (χ2v) is 8.14. The van der Waals surface area contributed by atoms with Crippen molar-refractivity contribution in [1.29, 1.82) is 42.1 Å². The third kappa shape index (κ3) is 3.39. The largest absolute Gasteiger partial charge is 0.353 e. The Labute approximate surface area is 224 Å². The summed E-state index contributed by atoms with van der Waals surface area (Å²) < 4.78 is 0. The molecule has 5 heterocycles. The lowest BCUT2D eigenvalue weighted by Gasteiger charge is -1.91. The number of hydrogen-bond donors (Lipinski definition) is 2. The molecule has 0 atom stereocenters. The molecule has 12 heteroatoms. The van der Waals surface area contributed by atoms with E-state index in [1.54, 1.807) is 0 Å². The Bertz CT molecular complexity index is 2140. The Morgan fingerprint density at radius 2 is 0.650 bits per heavy atom. The highest BCUT2D eigenvalue weighted by Crippen LogP contribution is 2.34. The van der Waals surface area contributed by atoms with Crippen molar-refractivity contribution in [2.24, 2.45) is 0 Å². The molecule has 0 unspecified atom stereocenters. The predicted octanol–water partition coefficient (Wildman–Crippen LogP) is 3.72. The fraction of sp³-hybridized carbons (Fsp3) is 0. The lowest BCUT2D eigenvalue weighted by molar-refractivity contribution is 1.26. The number of fused-ring (bicyclic) bond motifs is 8. The maximum Gasteiger partial charge on any atom is 0.103 e. The molecule has 0 spiro atoms. The van der Waals surface area contributed by atoms with Crippen LogP contribution in [0.25, 0.3) is 44.4 Å². The van der Waals surface area contributed by atoms with Gasteiger partial charge in [-0.25, -0.2) is 9.97 Å². The molecular formula is C28H6N12. The number of H-pyrrole nitrogens is 2. The zero-order chi connectivity index (χ0) is 28.6. The van der Waals surface area contributed by atoms with Crippen molar-refractivity contribution < 1.29 is 0 Å². The molecule has 3 aromatic rings. The maximum absolute atomic E-state index is 9.83. The van der Waals surface area contributed by atoms with E-state index in [0.29, 0.717) is 0 Å². The molecule has 2 N–H and O–H groups in total. The molecule has 0 saturated carbocycles. The van der Waals surface area contributed by atoms with Crippen LogP contribution in [0.1, 0.15) is 45.0 Å². The first-order valence-electron chi connectivity index (χ1n) is 11.0. The number of rotatable bonds is 0. The molecule has 12 nitrogen and oxygen atoms in total. The van der Waals surface area contributed by atoms with Crippen LogP contribution in [0, 0.1) is 90.6 Å². The van der Waals surface area contributed by atoms with Gasteiger partial charge in [-0.15, -0.1) is 0 Å². The van der Waals surface area contributed by atoms with Gasteiger partial charge in [0.05, 0.1) is 89.4 Å². The zero-order valence-electron chi connectivity index (χ0n) is 19.8. The number of aromatic amines is 2. The average Bonchev–Trinajstić information content (AvgIpc) is 3.67. The van der Waals surface area contributed by atoms with E-state index in [1.165, 1.54) is 24.3 Å². The molecule has 5 rings (SSSR count). The lowest BCUT2D eigenvalue weighted by Crippen LogP contribution is -1.84. The first-order valence-corrected chi connectivity index (χ1v) is 11.0. The second kappa shape index (κ2) is 9.19. The quantitative estimate of drug-likeness (QED) is 0.443. The minimum absolute atomic E-state index is 0.00793. The lowest BCUT2D eigenvalue weighted by atomic mass is 10.0. The standard InChI is InChI=1S/C28H6N12/c29-5-13-15(7-31)23-2-25-17(9-33)19(11-35)27(39-25)4-28-20(12-36)18(10-34)26(40-28)3-24-16(8-32)14(6-30)22(38-24)1-21(13)37-23/h1-4,37-38H. The van der Waals surface area contributed by atoms with Crippen LogP contribution in [0.15, 0.2) is 24.3 Å². The van der Waals surface area contributed by atoms with Gasteiger partial charge in [0, 0.05) is 0 Å². The monoisotopic (exact) mass is 510 g/mol. The van der Waals surface area contributed by atoms with Gasteiger partial charge in [0.25, 0.3) is 0 Å². The van der Waals surface area contributed by atoms with Crippen molar-refractivity contribution in [2.75, 3.05) is 0 Å². The van der Waals surface area contributed by atoms with E-state index in [4.69, 9.17) is 0 Å². The molecule has 0 amide bonds. The first kappa shape index (κ1) is 24.2. The summed E-state index contributed by atoms with van der Waals surface area (Å²) in [5.41, 5.74) is -0.264. The second-order valence-electron chi connectivity index (χ2n) is 8.14. The summed E-state index contributed by atoms with van der Waals surface area (Å²) in [4.78, 5) is 14.6. The van der Waals surface area contributed by atoms with E-state index in [-0.39, 0.29) is 89.4 Å². The predicted molar refractivity (Wildman–Crippen MR) is 136 cm³/mol. The third-order valence-corrected chi connectivity index (χ3v) is 6.14. The summed E-state index contributed by atoms with van der Waals surface area (Å²) in [6.45, 7) is 0. The number of nitrogens with one attached hydrogen (secondary N) is 2. The van der Waals surface area contributed by atoms with Gasteiger partial charge in [0.1, 0.15) is 48.6 Å². The molecule has 2 aliphatic heterocycles. The van der Waals surface area contributed by atoms with Gasteiger partial charge >= 0.3 is 0 Å². The first-order chi connectivity index (χ1) is 19.5. The Morgan fingerprint density at radius 3 is 0.925 bits per heavy atom. The van der Waals surface area contributed by atoms with Crippen LogP contribution in [-0.4, -0.2) is 19.9 Å². The summed E-state index contributed by atoms with van der Waals surface area (Å²) in [6, 6.07) is 20.8. The van der Waals surface area contributed by atoms with E-state index in [1.807, 2.05) is 48.6 Å². The van der Waals surface area contributed by atoms with Gasteiger partial charge in [-0.2, -0.15) is 42.1 Å². The molecule has 2 aliphatic rings. The van der Waals surface area contributed by atoms with Crippen molar-refractivity contribution in [3.05, 3.63) is 69.3 Å². The Balaban J connectivity index is 2.12. The van der Waals surface area contributed by atoms with Gasteiger partial charge in [-0.3, -0.25) is 0 Å².